The lowest BCUT2D eigenvalue weighted by atomic mass is 9.94. The van der Waals surface area contributed by atoms with Crippen molar-refractivity contribution in [2.75, 3.05) is 6.54 Å². The number of aryl methyl sites for hydroxylation is 1. The number of fused-ring (bicyclic) bond motifs is 1. The Hall–Kier alpha value is -0.0500. The minimum Gasteiger partial charge on any atom is -0.310 e. The number of rotatable bonds is 3. The zero-order chi connectivity index (χ0) is 11.1. The summed E-state index contributed by atoms with van der Waals surface area (Å²) in [6, 6.07) is 2.75. The highest BCUT2D eigenvalue weighted by Crippen LogP contribution is 2.40. The monoisotopic (exact) mass is 255 g/mol. The molecule has 88 valence electrons. The standard InChI is InChI=1S/C13H18ClNS/c1-8-5-9(8)7-15-11-3-2-4-12-10(11)6-13(14)16-12/h6,8-9,11,15H,2-5,7H2,1H3. The lowest BCUT2D eigenvalue weighted by Crippen LogP contribution is -2.26. The van der Waals surface area contributed by atoms with Gasteiger partial charge in [0, 0.05) is 10.9 Å². The fourth-order valence-electron chi connectivity index (χ4n) is 2.71. The van der Waals surface area contributed by atoms with Gasteiger partial charge in [-0.3, -0.25) is 0 Å². The smallest absolute Gasteiger partial charge is 0.0934 e. The summed E-state index contributed by atoms with van der Waals surface area (Å²) in [5.74, 6) is 1.88. The molecule has 0 amide bonds. The second kappa shape index (κ2) is 4.32. The van der Waals surface area contributed by atoms with Crippen LogP contribution in [-0.2, 0) is 6.42 Å². The lowest BCUT2D eigenvalue weighted by molar-refractivity contribution is 0.448. The molecule has 0 aromatic carbocycles. The van der Waals surface area contributed by atoms with Gasteiger partial charge < -0.3 is 5.32 Å². The number of hydrogen-bond donors (Lipinski definition) is 1. The SMILES string of the molecule is CC1CC1CNC1CCCc2sc(Cl)cc21. The van der Waals surface area contributed by atoms with Gasteiger partial charge in [-0.15, -0.1) is 11.3 Å². The largest absolute Gasteiger partial charge is 0.310 e. The van der Waals surface area contributed by atoms with Crippen molar-refractivity contribution in [1.29, 1.82) is 0 Å². The number of hydrogen-bond acceptors (Lipinski definition) is 2. The van der Waals surface area contributed by atoms with Crippen LogP contribution in [0.4, 0.5) is 0 Å². The molecular formula is C13H18ClNS. The number of thiophene rings is 1. The molecule has 16 heavy (non-hydrogen) atoms. The van der Waals surface area contributed by atoms with E-state index in [1.807, 2.05) is 0 Å². The molecule has 2 aliphatic rings. The number of halogens is 1. The first-order valence-corrected chi connectivity index (χ1v) is 7.45. The summed E-state index contributed by atoms with van der Waals surface area (Å²) in [4.78, 5) is 1.51. The third-order valence-electron chi connectivity index (χ3n) is 3.99. The van der Waals surface area contributed by atoms with Gasteiger partial charge in [-0.25, -0.2) is 0 Å². The van der Waals surface area contributed by atoms with Crippen molar-refractivity contribution >= 4 is 22.9 Å². The molecule has 3 atom stereocenters. The van der Waals surface area contributed by atoms with Crippen LogP contribution in [0.2, 0.25) is 4.34 Å². The molecule has 0 aliphatic heterocycles. The quantitative estimate of drug-likeness (QED) is 0.860. The van der Waals surface area contributed by atoms with E-state index in [1.165, 1.54) is 42.7 Å². The van der Waals surface area contributed by atoms with E-state index in [9.17, 15) is 0 Å². The van der Waals surface area contributed by atoms with Crippen LogP contribution >= 0.6 is 22.9 Å². The van der Waals surface area contributed by atoms with E-state index in [4.69, 9.17) is 11.6 Å². The Bertz CT molecular complexity index is 387. The predicted octanol–water partition coefficient (Wildman–Crippen LogP) is 4.02. The summed E-state index contributed by atoms with van der Waals surface area (Å²) >= 11 is 7.87. The summed E-state index contributed by atoms with van der Waals surface area (Å²) in [5, 5.41) is 3.73. The van der Waals surface area contributed by atoms with Crippen LogP contribution in [-0.4, -0.2) is 6.54 Å². The topological polar surface area (TPSA) is 12.0 Å². The maximum Gasteiger partial charge on any atom is 0.0934 e. The Labute approximate surface area is 106 Å². The molecule has 0 radical (unpaired) electrons. The Balaban J connectivity index is 1.67. The van der Waals surface area contributed by atoms with Crippen molar-refractivity contribution in [3.63, 3.8) is 0 Å². The number of nitrogens with one attached hydrogen (secondary N) is 1. The molecular weight excluding hydrogens is 238 g/mol. The highest BCUT2D eigenvalue weighted by atomic mass is 35.5. The molecule has 1 N–H and O–H groups in total. The van der Waals surface area contributed by atoms with Gasteiger partial charge in [-0.2, -0.15) is 0 Å². The van der Waals surface area contributed by atoms with Gasteiger partial charge in [-0.05, 0) is 55.7 Å². The van der Waals surface area contributed by atoms with Gasteiger partial charge in [-0.1, -0.05) is 18.5 Å². The van der Waals surface area contributed by atoms with Crippen LogP contribution in [0.15, 0.2) is 6.07 Å². The van der Waals surface area contributed by atoms with E-state index >= 15 is 0 Å². The van der Waals surface area contributed by atoms with Crippen molar-refractivity contribution in [2.45, 2.75) is 38.6 Å². The third kappa shape index (κ3) is 2.15. The Kier molecular flexibility index (Phi) is 2.99. The average Bonchev–Trinajstić information content (AvgIpc) is 2.81. The molecule has 1 aromatic rings. The van der Waals surface area contributed by atoms with Crippen molar-refractivity contribution < 1.29 is 0 Å². The summed E-state index contributed by atoms with van der Waals surface area (Å²) in [5.41, 5.74) is 1.48. The normalized spacial score (nSPS) is 32.5. The molecule has 1 aromatic heterocycles. The second-order valence-corrected chi connectivity index (χ2v) is 7.02. The molecule has 3 rings (SSSR count). The first-order chi connectivity index (χ1) is 7.74. The van der Waals surface area contributed by atoms with Crippen molar-refractivity contribution in [1.82, 2.24) is 5.32 Å². The van der Waals surface area contributed by atoms with Crippen molar-refractivity contribution in [2.24, 2.45) is 11.8 Å². The summed E-state index contributed by atoms with van der Waals surface area (Å²) in [6.45, 7) is 3.54. The highest BCUT2D eigenvalue weighted by Gasteiger charge is 2.33. The zero-order valence-electron chi connectivity index (χ0n) is 9.63. The minimum atomic E-state index is 0.570. The first kappa shape index (κ1) is 11.1. The maximum atomic E-state index is 6.11. The van der Waals surface area contributed by atoms with Crippen LogP contribution in [0.5, 0.6) is 0 Å². The van der Waals surface area contributed by atoms with Gasteiger partial charge in [0.2, 0.25) is 0 Å². The van der Waals surface area contributed by atoms with Crippen LogP contribution in [0.1, 0.15) is 42.7 Å². The van der Waals surface area contributed by atoms with Gasteiger partial charge in [0.1, 0.15) is 0 Å². The Morgan fingerprint density at radius 2 is 2.38 bits per heavy atom. The summed E-state index contributed by atoms with van der Waals surface area (Å²) in [6.07, 6.45) is 5.23. The molecule has 3 unspecified atom stereocenters. The fourth-order valence-corrected chi connectivity index (χ4v) is 4.09. The predicted molar refractivity (Wildman–Crippen MR) is 70.3 cm³/mol. The molecule has 0 saturated heterocycles. The Morgan fingerprint density at radius 1 is 1.56 bits per heavy atom. The molecule has 2 aliphatic carbocycles. The van der Waals surface area contributed by atoms with Gasteiger partial charge >= 0.3 is 0 Å². The fraction of sp³-hybridized carbons (Fsp3) is 0.692. The third-order valence-corrected chi connectivity index (χ3v) is 5.33. The molecule has 1 nitrogen and oxygen atoms in total. The van der Waals surface area contributed by atoms with Crippen LogP contribution in [0.25, 0.3) is 0 Å². The molecule has 1 saturated carbocycles. The van der Waals surface area contributed by atoms with Crippen molar-refractivity contribution in [3.8, 4) is 0 Å². The van der Waals surface area contributed by atoms with E-state index in [0.717, 1.165) is 16.2 Å². The van der Waals surface area contributed by atoms with Gasteiger partial charge in [0.15, 0.2) is 0 Å². The summed E-state index contributed by atoms with van der Waals surface area (Å²) < 4.78 is 0.957. The van der Waals surface area contributed by atoms with Crippen LogP contribution < -0.4 is 5.32 Å². The molecule has 0 spiro atoms. The van der Waals surface area contributed by atoms with E-state index in [-0.39, 0.29) is 0 Å². The Morgan fingerprint density at radius 3 is 3.12 bits per heavy atom. The van der Waals surface area contributed by atoms with E-state index in [1.54, 1.807) is 11.3 Å². The van der Waals surface area contributed by atoms with Gasteiger partial charge in [0.05, 0.1) is 4.34 Å². The molecule has 0 bridgehead atoms. The minimum absolute atomic E-state index is 0.570. The average molecular weight is 256 g/mol. The molecule has 1 heterocycles. The first-order valence-electron chi connectivity index (χ1n) is 6.25. The maximum absolute atomic E-state index is 6.11. The summed E-state index contributed by atoms with van der Waals surface area (Å²) in [7, 11) is 0. The molecule has 3 heteroatoms. The van der Waals surface area contributed by atoms with E-state index in [0.29, 0.717) is 6.04 Å². The van der Waals surface area contributed by atoms with Crippen LogP contribution in [0.3, 0.4) is 0 Å². The second-order valence-electron chi connectivity index (χ2n) is 5.26. The van der Waals surface area contributed by atoms with Gasteiger partial charge in [0.25, 0.3) is 0 Å². The lowest BCUT2D eigenvalue weighted by Gasteiger charge is -2.23. The highest BCUT2D eigenvalue weighted by molar-refractivity contribution is 7.16. The van der Waals surface area contributed by atoms with E-state index < -0.39 is 0 Å². The van der Waals surface area contributed by atoms with Crippen molar-refractivity contribution in [3.05, 3.63) is 20.8 Å². The van der Waals surface area contributed by atoms with E-state index in [2.05, 4.69) is 18.3 Å². The van der Waals surface area contributed by atoms with Crippen LogP contribution in [0, 0.1) is 11.8 Å². The zero-order valence-corrected chi connectivity index (χ0v) is 11.2. The molecule has 1 fully saturated rings.